The zero-order valence-electron chi connectivity index (χ0n) is 22.3. The number of nitrogens with zero attached hydrogens (tertiary/aromatic N) is 3. The maximum atomic E-state index is 13.7. The van der Waals surface area contributed by atoms with E-state index in [9.17, 15) is 24.2 Å². The monoisotopic (exact) mass is 517 g/mol. The summed E-state index contributed by atoms with van der Waals surface area (Å²) in [7, 11) is 0. The quantitative estimate of drug-likeness (QED) is 0.434. The number of hydrogen-bond acceptors (Lipinski definition) is 6. The van der Waals surface area contributed by atoms with Crippen molar-refractivity contribution in [3.05, 3.63) is 41.5 Å². The van der Waals surface area contributed by atoms with Crippen LogP contribution in [0.15, 0.2) is 24.3 Å². The summed E-state index contributed by atoms with van der Waals surface area (Å²) in [5.74, 6) is -0.494. The maximum absolute atomic E-state index is 13.7. The predicted octanol–water partition coefficient (Wildman–Crippen LogP) is 4.14. The number of carbonyl (C=O) groups is 2. The smallest absolute Gasteiger partial charge is 0.309 e. The van der Waals surface area contributed by atoms with E-state index in [-0.39, 0.29) is 36.0 Å². The van der Waals surface area contributed by atoms with Crippen molar-refractivity contribution < 1.29 is 28.9 Å². The zero-order valence-corrected chi connectivity index (χ0v) is 22.3. The van der Waals surface area contributed by atoms with Crippen LogP contribution in [0, 0.1) is 11.7 Å². The summed E-state index contributed by atoms with van der Waals surface area (Å²) in [5.41, 5.74) is 1.76. The fraction of sp³-hybridized carbons (Fsp3) is 0.607. The molecule has 0 aliphatic carbocycles. The van der Waals surface area contributed by atoms with Crippen LogP contribution in [0.5, 0.6) is 0 Å². The van der Waals surface area contributed by atoms with Gasteiger partial charge in [0.25, 0.3) is 5.91 Å². The van der Waals surface area contributed by atoms with E-state index >= 15 is 0 Å². The van der Waals surface area contributed by atoms with E-state index in [1.807, 2.05) is 25.3 Å². The number of ether oxygens (including phenoxy) is 1. The number of benzene rings is 1. The minimum Gasteiger partial charge on any atom is -0.466 e. The van der Waals surface area contributed by atoms with Gasteiger partial charge in [-0.25, -0.2) is 9.37 Å². The number of imidazole rings is 1. The van der Waals surface area contributed by atoms with Crippen molar-refractivity contribution in [1.82, 2.24) is 14.5 Å². The number of hydrogen-bond donors (Lipinski definition) is 2. The number of carbonyl (C=O) groups excluding carboxylic acids is 2. The molecular formula is C28H40FN3O5. The Morgan fingerprint density at radius 2 is 1.76 bits per heavy atom. The van der Waals surface area contributed by atoms with Crippen LogP contribution in [0.4, 0.5) is 4.39 Å². The molecule has 1 fully saturated rings. The highest BCUT2D eigenvalue weighted by molar-refractivity contribution is 5.94. The highest BCUT2D eigenvalue weighted by Crippen LogP contribution is 2.31. The van der Waals surface area contributed by atoms with Crippen LogP contribution >= 0.6 is 0 Å². The van der Waals surface area contributed by atoms with Crippen molar-refractivity contribution >= 4 is 11.9 Å². The Bertz CT molecular complexity index is 1040. The van der Waals surface area contributed by atoms with E-state index in [1.165, 1.54) is 12.1 Å². The van der Waals surface area contributed by atoms with Crippen LogP contribution in [0.2, 0.25) is 0 Å². The molecule has 1 aromatic carbocycles. The Balaban J connectivity index is 1.91. The van der Waals surface area contributed by atoms with Gasteiger partial charge in [0.1, 0.15) is 11.6 Å². The van der Waals surface area contributed by atoms with Crippen molar-refractivity contribution in [2.45, 2.75) is 84.5 Å². The lowest BCUT2D eigenvalue weighted by Crippen LogP contribution is -2.41. The molecule has 1 aromatic heterocycles. The molecule has 1 amide bonds. The normalized spacial score (nSPS) is 16.2. The molecule has 3 rings (SSSR count). The van der Waals surface area contributed by atoms with Crippen molar-refractivity contribution in [3.8, 4) is 11.4 Å². The number of piperidine rings is 1. The first-order valence-electron chi connectivity index (χ1n) is 13.3. The largest absolute Gasteiger partial charge is 0.466 e. The summed E-state index contributed by atoms with van der Waals surface area (Å²) in [6, 6.07) is 5.98. The second-order valence-electron chi connectivity index (χ2n) is 10.0. The lowest BCUT2D eigenvalue weighted by molar-refractivity contribution is -0.149. The lowest BCUT2D eigenvalue weighted by Gasteiger charge is -2.30. The zero-order chi connectivity index (χ0) is 27.1. The summed E-state index contributed by atoms with van der Waals surface area (Å²) in [4.78, 5) is 32.3. The van der Waals surface area contributed by atoms with Gasteiger partial charge >= 0.3 is 5.97 Å². The van der Waals surface area contributed by atoms with Gasteiger partial charge in [0, 0.05) is 25.2 Å². The summed E-state index contributed by atoms with van der Waals surface area (Å²) in [6.07, 6.45) is 1.01. The van der Waals surface area contributed by atoms with Crippen LogP contribution in [-0.2, 0) is 16.1 Å². The molecule has 9 heteroatoms. The van der Waals surface area contributed by atoms with E-state index in [0.29, 0.717) is 69.0 Å². The molecule has 2 N–H and O–H groups in total. The number of rotatable bonds is 11. The Morgan fingerprint density at radius 3 is 2.32 bits per heavy atom. The van der Waals surface area contributed by atoms with Crippen LogP contribution in [0.25, 0.3) is 11.4 Å². The molecule has 1 aliphatic heterocycles. The summed E-state index contributed by atoms with van der Waals surface area (Å²) < 4.78 is 20.7. The average molecular weight is 518 g/mol. The van der Waals surface area contributed by atoms with Gasteiger partial charge in [0.05, 0.1) is 30.4 Å². The van der Waals surface area contributed by atoms with Crippen molar-refractivity contribution in [2.75, 3.05) is 19.7 Å². The second-order valence-corrected chi connectivity index (χ2v) is 10.0. The highest BCUT2D eigenvalue weighted by Gasteiger charge is 2.33. The standard InChI is InChI=1S/C28H40FN3O5/c1-5-22(33)17-23(34)13-16-32-25(18(3)4)24(30-26(32)19-7-9-21(29)10-8-19)27(35)31-14-11-20(12-15-31)28(36)37-6-2/h7-10,18,20,22-23,33-34H,5-6,11-17H2,1-4H3. The molecule has 8 nitrogen and oxygen atoms in total. The predicted molar refractivity (Wildman–Crippen MR) is 139 cm³/mol. The molecule has 37 heavy (non-hydrogen) atoms. The Labute approximate surface area is 218 Å². The average Bonchev–Trinajstić information content (AvgIpc) is 3.27. The summed E-state index contributed by atoms with van der Waals surface area (Å²) in [5, 5.41) is 20.4. The van der Waals surface area contributed by atoms with E-state index < -0.39 is 12.2 Å². The fourth-order valence-corrected chi connectivity index (χ4v) is 4.86. The number of likely N-dealkylation sites (tertiary alicyclic amines) is 1. The second kappa shape index (κ2) is 13.1. The highest BCUT2D eigenvalue weighted by atomic mass is 19.1. The molecule has 2 heterocycles. The number of esters is 1. The third-order valence-corrected chi connectivity index (χ3v) is 6.96. The molecule has 0 saturated carbocycles. The molecule has 2 unspecified atom stereocenters. The van der Waals surface area contributed by atoms with Crippen molar-refractivity contribution in [2.24, 2.45) is 5.92 Å². The van der Waals surface area contributed by atoms with Crippen LogP contribution in [-0.4, -0.2) is 68.4 Å². The van der Waals surface area contributed by atoms with E-state index in [0.717, 1.165) is 5.69 Å². The van der Waals surface area contributed by atoms with Crippen LogP contribution in [0.1, 0.15) is 81.9 Å². The van der Waals surface area contributed by atoms with E-state index in [2.05, 4.69) is 0 Å². The first-order valence-corrected chi connectivity index (χ1v) is 13.3. The molecule has 1 saturated heterocycles. The van der Waals surface area contributed by atoms with Gasteiger partial charge in [-0.1, -0.05) is 20.8 Å². The topological polar surface area (TPSA) is 105 Å². The minimum atomic E-state index is -0.709. The van der Waals surface area contributed by atoms with Crippen LogP contribution < -0.4 is 0 Å². The molecule has 0 bridgehead atoms. The van der Waals surface area contributed by atoms with Gasteiger partial charge < -0.3 is 24.4 Å². The molecule has 0 radical (unpaired) electrons. The van der Waals surface area contributed by atoms with Gasteiger partial charge in [0.2, 0.25) is 0 Å². The molecule has 1 aliphatic rings. The minimum absolute atomic E-state index is 0.0453. The van der Waals surface area contributed by atoms with Gasteiger partial charge in [-0.3, -0.25) is 9.59 Å². The van der Waals surface area contributed by atoms with Crippen molar-refractivity contribution in [3.63, 3.8) is 0 Å². The molecular weight excluding hydrogens is 477 g/mol. The third-order valence-electron chi connectivity index (χ3n) is 6.96. The molecule has 204 valence electrons. The number of amides is 1. The molecule has 0 spiro atoms. The number of aliphatic hydroxyl groups is 2. The first kappa shape index (κ1) is 28.8. The van der Waals surface area contributed by atoms with Gasteiger partial charge in [-0.2, -0.15) is 0 Å². The van der Waals surface area contributed by atoms with E-state index in [4.69, 9.17) is 9.72 Å². The van der Waals surface area contributed by atoms with E-state index in [1.54, 1.807) is 24.0 Å². The Morgan fingerprint density at radius 1 is 1.11 bits per heavy atom. The summed E-state index contributed by atoms with van der Waals surface area (Å²) in [6.45, 7) is 9.23. The number of aromatic nitrogens is 2. The lowest BCUT2D eigenvalue weighted by atomic mass is 9.96. The Hall–Kier alpha value is -2.78. The summed E-state index contributed by atoms with van der Waals surface area (Å²) >= 11 is 0. The third kappa shape index (κ3) is 7.17. The first-order chi connectivity index (χ1) is 17.7. The van der Waals surface area contributed by atoms with Crippen LogP contribution in [0.3, 0.4) is 0 Å². The Kier molecular flexibility index (Phi) is 10.2. The number of halogens is 1. The molecule has 2 aromatic rings. The van der Waals surface area contributed by atoms with Crippen molar-refractivity contribution in [1.29, 1.82) is 0 Å². The van der Waals surface area contributed by atoms with Gasteiger partial charge in [0.15, 0.2) is 5.69 Å². The number of aliphatic hydroxyl groups excluding tert-OH is 2. The molecule has 2 atom stereocenters. The SMILES string of the molecule is CCOC(=O)C1CCN(C(=O)c2nc(-c3ccc(F)cc3)n(CCC(O)CC(O)CC)c2C(C)C)CC1. The van der Waals surface area contributed by atoms with Gasteiger partial charge in [-0.15, -0.1) is 0 Å². The fourth-order valence-electron chi connectivity index (χ4n) is 4.86. The maximum Gasteiger partial charge on any atom is 0.309 e. The van der Waals surface area contributed by atoms with Gasteiger partial charge in [-0.05, 0) is 69.2 Å².